The monoisotopic (exact) mass is 336 g/mol. The van der Waals surface area contributed by atoms with Crippen molar-refractivity contribution in [2.45, 2.75) is 20.0 Å². The van der Waals surface area contributed by atoms with E-state index in [1.54, 1.807) is 0 Å². The Kier molecular flexibility index (Phi) is 4.97. The van der Waals surface area contributed by atoms with Crippen LogP contribution in [0.2, 0.25) is 0 Å². The molecule has 0 aliphatic heterocycles. The van der Waals surface area contributed by atoms with Crippen LogP contribution < -0.4 is 9.80 Å². The van der Waals surface area contributed by atoms with E-state index in [0.29, 0.717) is 5.95 Å². The first-order valence-electron chi connectivity index (χ1n) is 8.40. The fourth-order valence-electron chi connectivity index (χ4n) is 2.63. The number of benzene rings is 1. The fourth-order valence-corrected chi connectivity index (χ4v) is 2.63. The van der Waals surface area contributed by atoms with Crippen molar-refractivity contribution >= 4 is 11.6 Å². The Balaban J connectivity index is 1.78. The molecular formula is C19H24N6. The van der Waals surface area contributed by atoms with E-state index in [9.17, 15) is 0 Å². The van der Waals surface area contributed by atoms with E-state index >= 15 is 0 Å². The van der Waals surface area contributed by atoms with Crippen LogP contribution in [-0.4, -0.2) is 40.9 Å². The average molecular weight is 336 g/mol. The van der Waals surface area contributed by atoms with E-state index < -0.39 is 0 Å². The topological polar surface area (TPSA) is 50.1 Å². The van der Waals surface area contributed by atoms with E-state index in [1.807, 2.05) is 49.2 Å². The normalized spacial score (nSPS) is 10.7. The van der Waals surface area contributed by atoms with Gasteiger partial charge >= 0.3 is 0 Å². The summed E-state index contributed by atoms with van der Waals surface area (Å²) < 4.78 is 1.92. The van der Waals surface area contributed by atoms with Gasteiger partial charge in [-0.1, -0.05) is 12.1 Å². The Labute approximate surface area is 148 Å². The van der Waals surface area contributed by atoms with Crippen molar-refractivity contribution in [2.75, 3.05) is 30.9 Å². The minimum Gasteiger partial charge on any atom is -0.378 e. The molecular weight excluding hydrogens is 312 g/mol. The van der Waals surface area contributed by atoms with E-state index in [0.717, 1.165) is 29.9 Å². The quantitative estimate of drug-likeness (QED) is 0.692. The van der Waals surface area contributed by atoms with Gasteiger partial charge in [-0.15, -0.1) is 0 Å². The van der Waals surface area contributed by atoms with Crippen molar-refractivity contribution in [3.8, 4) is 11.3 Å². The number of hydrogen-bond donors (Lipinski definition) is 0. The smallest absolute Gasteiger partial charge is 0.225 e. The molecule has 0 N–H and O–H groups in total. The zero-order valence-corrected chi connectivity index (χ0v) is 15.2. The van der Waals surface area contributed by atoms with Gasteiger partial charge in [0.15, 0.2) is 0 Å². The standard InChI is InChI=1S/C19H24N6/c1-5-25-14-15(12-21-25)13-24(4)19-20-11-10-18(22-19)16-6-8-17(9-7-16)23(2)3/h6-12,14H,5,13H2,1-4H3. The van der Waals surface area contributed by atoms with Crippen LogP contribution in [0.5, 0.6) is 0 Å². The third kappa shape index (κ3) is 3.96. The molecule has 0 bridgehead atoms. The molecule has 0 radical (unpaired) electrons. The Bertz CT molecular complexity index is 822. The van der Waals surface area contributed by atoms with Gasteiger partial charge in [-0.25, -0.2) is 9.97 Å². The summed E-state index contributed by atoms with van der Waals surface area (Å²) in [6, 6.07) is 10.3. The third-order valence-corrected chi connectivity index (χ3v) is 4.09. The molecule has 6 heteroatoms. The molecule has 6 nitrogen and oxygen atoms in total. The summed E-state index contributed by atoms with van der Waals surface area (Å²) in [5.41, 5.74) is 4.32. The fraction of sp³-hybridized carbons (Fsp3) is 0.316. The van der Waals surface area contributed by atoms with Gasteiger partial charge in [0, 0.05) is 63.4 Å². The lowest BCUT2D eigenvalue weighted by molar-refractivity contribution is 0.659. The van der Waals surface area contributed by atoms with Gasteiger partial charge in [-0.05, 0) is 25.1 Å². The Morgan fingerprint density at radius 2 is 1.80 bits per heavy atom. The second-order valence-corrected chi connectivity index (χ2v) is 6.24. The summed E-state index contributed by atoms with van der Waals surface area (Å²) in [5.74, 6) is 0.707. The molecule has 0 aliphatic carbocycles. The molecule has 0 atom stereocenters. The molecule has 3 aromatic rings. The molecule has 0 aliphatic rings. The lowest BCUT2D eigenvalue weighted by Crippen LogP contribution is -2.19. The Morgan fingerprint density at radius 1 is 1.04 bits per heavy atom. The molecule has 2 aromatic heterocycles. The maximum absolute atomic E-state index is 4.71. The summed E-state index contributed by atoms with van der Waals surface area (Å²) in [6.45, 7) is 3.68. The number of anilines is 2. The Morgan fingerprint density at radius 3 is 2.44 bits per heavy atom. The SMILES string of the molecule is CCn1cc(CN(C)c2nccc(-c3ccc(N(C)C)cc3)n2)cn1. The molecule has 0 saturated carbocycles. The summed E-state index contributed by atoms with van der Waals surface area (Å²) in [5, 5.41) is 4.31. The van der Waals surface area contributed by atoms with Crippen molar-refractivity contribution in [2.24, 2.45) is 0 Å². The van der Waals surface area contributed by atoms with Crippen molar-refractivity contribution < 1.29 is 0 Å². The first kappa shape index (κ1) is 17.0. The first-order valence-corrected chi connectivity index (χ1v) is 8.40. The molecule has 0 unspecified atom stereocenters. The predicted octanol–water partition coefficient (Wildman–Crippen LogP) is 3.06. The summed E-state index contributed by atoms with van der Waals surface area (Å²) >= 11 is 0. The van der Waals surface area contributed by atoms with Crippen LogP contribution >= 0.6 is 0 Å². The molecule has 0 saturated heterocycles. The molecule has 130 valence electrons. The maximum Gasteiger partial charge on any atom is 0.225 e. The van der Waals surface area contributed by atoms with Crippen LogP contribution in [0.15, 0.2) is 48.9 Å². The second kappa shape index (κ2) is 7.34. The minimum atomic E-state index is 0.707. The first-order chi connectivity index (χ1) is 12.1. The van der Waals surface area contributed by atoms with Gasteiger partial charge in [0.05, 0.1) is 11.9 Å². The number of aryl methyl sites for hydroxylation is 1. The van der Waals surface area contributed by atoms with Crippen LogP contribution in [0.3, 0.4) is 0 Å². The van der Waals surface area contributed by atoms with Crippen LogP contribution in [0, 0.1) is 0 Å². The predicted molar refractivity (Wildman–Crippen MR) is 102 cm³/mol. The van der Waals surface area contributed by atoms with Crippen LogP contribution in [0.4, 0.5) is 11.6 Å². The maximum atomic E-state index is 4.71. The number of rotatable bonds is 6. The summed E-state index contributed by atoms with van der Waals surface area (Å²) in [6.07, 6.45) is 5.76. The zero-order chi connectivity index (χ0) is 17.8. The van der Waals surface area contributed by atoms with Gasteiger partial charge in [0.25, 0.3) is 0 Å². The highest BCUT2D eigenvalue weighted by Crippen LogP contribution is 2.22. The van der Waals surface area contributed by atoms with Crippen LogP contribution in [0.1, 0.15) is 12.5 Å². The number of nitrogens with zero attached hydrogens (tertiary/aromatic N) is 6. The largest absolute Gasteiger partial charge is 0.378 e. The molecule has 0 spiro atoms. The van der Waals surface area contributed by atoms with E-state index in [4.69, 9.17) is 4.98 Å². The lowest BCUT2D eigenvalue weighted by atomic mass is 10.1. The van der Waals surface area contributed by atoms with Gasteiger partial charge in [-0.2, -0.15) is 5.10 Å². The van der Waals surface area contributed by atoms with Gasteiger partial charge < -0.3 is 9.80 Å². The minimum absolute atomic E-state index is 0.707. The Hall–Kier alpha value is -2.89. The van der Waals surface area contributed by atoms with Gasteiger partial charge in [-0.3, -0.25) is 4.68 Å². The molecule has 3 rings (SSSR count). The van der Waals surface area contributed by atoms with Gasteiger partial charge in [0.2, 0.25) is 5.95 Å². The van der Waals surface area contributed by atoms with Gasteiger partial charge in [0.1, 0.15) is 0 Å². The lowest BCUT2D eigenvalue weighted by Gasteiger charge is -2.17. The highest BCUT2D eigenvalue weighted by atomic mass is 15.3. The highest BCUT2D eigenvalue weighted by Gasteiger charge is 2.09. The second-order valence-electron chi connectivity index (χ2n) is 6.24. The summed E-state index contributed by atoms with van der Waals surface area (Å²) in [7, 11) is 6.07. The molecule has 2 heterocycles. The van der Waals surface area contributed by atoms with Crippen molar-refractivity contribution in [1.82, 2.24) is 19.7 Å². The number of hydrogen-bond acceptors (Lipinski definition) is 5. The highest BCUT2D eigenvalue weighted by molar-refractivity contribution is 5.63. The van der Waals surface area contributed by atoms with E-state index in [-0.39, 0.29) is 0 Å². The molecule has 0 amide bonds. The van der Waals surface area contributed by atoms with Crippen LogP contribution in [-0.2, 0) is 13.1 Å². The van der Waals surface area contributed by atoms with Crippen molar-refractivity contribution in [3.05, 3.63) is 54.5 Å². The number of aromatic nitrogens is 4. The average Bonchev–Trinajstić information content (AvgIpc) is 3.09. The molecule has 0 fully saturated rings. The molecule has 1 aromatic carbocycles. The zero-order valence-electron chi connectivity index (χ0n) is 15.2. The van der Waals surface area contributed by atoms with Crippen LogP contribution in [0.25, 0.3) is 11.3 Å². The third-order valence-electron chi connectivity index (χ3n) is 4.09. The van der Waals surface area contributed by atoms with E-state index in [1.165, 1.54) is 5.69 Å². The van der Waals surface area contributed by atoms with Crippen molar-refractivity contribution in [1.29, 1.82) is 0 Å². The van der Waals surface area contributed by atoms with E-state index in [2.05, 4.69) is 52.4 Å². The van der Waals surface area contributed by atoms with Crippen molar-refractivity contribution in [3.63, 3.8) is 0 Å². The molecule has 25 heavy (non-hydrogen) atoms. The summed E-state index contributed by atoms with van der Waals surface area (Å²) in [4.78, 5) is 13.2.